The predicted molar refractivity (Wildman–Crippen MR) is 86.4 cm³/mol. The van der Waals surface area contributed by atoms with Crippen molar-refractivity contribution >= 4 is 0 Å². The highest BCUT2D eigenvalue weighted by atomic mass is 16.1. The Morgan fingerprint density at radius 2 is 1.71 bits per heavy atom. The molecule has 0 bridgehead atoms. The number of hydrogen-bond donors (Lipinski definition) is 0. The van der Waals surface area contributed by atoms with Crippen LogP contribution in [0.3, 0.4) is 0 Å². The highest BCUT2D eigenvalue weighted by Crippen LogP contribution is 2.20. The Bertz CT molecular complexity index is 653. The average molecular weight is 282 g/mol. The summed E-state index contributed by atoms with van der Waals surface area (Å²) >= 11 is 0. The second kappa shape index (κ2) is 5.86. The van der Waals surface area contributed by atoms with Crippen LogP contribution < -0.4 is 5.56 Å². The molecule has 110 valence electrons. The first-order valence-corrected chi connectivity index (χ1v) is 7.62. The van der Waals surface area contributed by atoms with Crippen LogP contribution in [-0.2, 0) is 13.6 Å². The number of aryl methyl sites for hydroxylation is 2. The lowest BCUT2D eigenvalue weighted by Crippen LogP contribution is -2.18. The van der Waals surface area contributed by atoms with E-state index in [4.69, 9.17) is 0 Å². The molecular formula is C18H22N2O. The van der Waals surface area contributed by atoms with Crippen molar-refractivity contribution in [3.05, 3.63) is 58.0 Å². The van der Waals surface area contributed by atoms with E-state index in [-0.39, 0.29) is 5.56 Å². The Balaban J connectivity index is 1.82. The van der Waals surface area contributed by atoms with Crippen molar-refractivity contribution in [3.63, 3.8) is 0 Å². The quantitative estimate of drug-likeness (QED) is 0.865. The number of aromatic nitrogens is 1. The van der Waals surface area contributed by atoms with Crippen molar-refractivity contribution in [1.82, 2.24) is 9.47 Å². The standard InChI is InChI=1S/C18H22N2O/c1-14-11-17(13-19(2)18(14)21)16-7-5-15(6-8-16)12-20-9-3-4-10-20/h5-8,11,13H,3-4,9-10,12H2,1-2H3. The van der Waals surface area contributed by atoms with E-state index in [0.29, 0.717) is 0 Å². The van der Waals surface area contributed by atoms with Crippen LogP contribution in [0.5, 0.6) is 0 Å². The van der Waals surface area contributed by atoms with Crippen LogP contribution in [0.2, 0.25) is 0 Å². The third-order valence-corrected chi connectivity index (χ3v) is 4.25. The highest BCUT2D eigenvalue weighted by Gasteiger charge is 2.11. The molecule has 0 radical (unpaired) electrons. The van der Waals surface area contributed by atoms with Gasteiger partial charge in [-0.2, -0.15) is 0 Å². The van der Waals surface area contributed by atoms with Crippen molar-refractivity contribution in [3.8, 4) is 11.1 Å². The molecule has 1 aromatic carbocycles. The van der Waals surface area contributed by atoms with Crippen molar-refractivity contribution in [2.24, 2.45) is 7.05 Å². The molecule has 1 aliphatic rings. The molecule has 1 aromatic heterocycles. The van der Waals surface area contributed by atoms with E-state index in [9.17, 15) is 4.79 Å². The predicted octanol–water partition coefficient (Wildman–Crippen LogP) is 2.96. The summed E-state index contributed by atoms with van der Waals surface area (Å²) < 4.78 is 1.66. The number of likely N-dealkylation sites (tertiary alicyclic amines) is 1. The molecule has 0 unspecified atom stereocenters. The minimum atomic E-state index is 0.0735. The number of rotatable bonds is 3. The molecule has 2 aromatic rings. The van der Waals surface area contributed by atoms with Gasteiger partial charge in [0.15, 0.2) is 0 Å². The van der Waals surface area contributed by atoms with Gasteiger partial charge < -0.3 is 4.57 Å². The van der Waals surface area contributed by atoms with Crippen molar-refractivity contribution in [1.29, 1.82) is 0 Å². The zero-order valence-electron chi connectivity index (χ0n) is 12.8. The molecule has 0 aliphatic carbocycles. The smallest absolute Gasteiger partial charge is 0.253 e. The summed E-state index contributed by atoms with van der Waals surface area (Å²) in [6.45, 7) is 5.36. The van der Waals surface area contributed by atoms with Crippen LogP contribution in [0.25, 0.3) is 11.1 Å². The maximum Gasteiger partial charge on any atom is 0.253 e. The zero-order chi connectivity index (χ0) is 14.8. The number of benzene rings is 1. The monoisotopic (exact) mass is 282 g/mol. The lowest BCUT2D eigenvalue weighted by Gasteiger charge is -2.15. The molecule has 1 fully saturated rings. The van der Waals surface area contributed by atoms with Crippen LogP contribution in [0.15, 0.2) is 41.3 Å². The van der Waals surface area contributed by atoms with E-state index >= 15 is 0 Å². The van der Waals surface area contributed by atoms with Gasteiger partial charge in [0.05, 0.1) is 0 Å². The number of pyridine rings is 1. The molecule has 1 aliphatic heterocycles. The first kappa shape index (κ1) is 14.1. The molecule has 0 spiro atoms. The van der Waals surface area contributed by atoms with Crippen LogP contribution in [0.1, 0.15) is 24.0 Å². The fourth-order valence-corrected chi connectivity index (χ4v) is 3.04. The summed E-state index contributed by atoms with van der Waals surface area (Å²) in [4.78, 5) is 14.3. The summed E-state index contributed by atoms with van der Waals surface area (Å²) in [7, 11) is 1.81. The third-order valence-electron chi connectivity index (χ3n) is 4.25. The molecule has 0 saturated carbocycles. The van der Waals surface area contributed by atoms with E-state index in [2.05, 4.69) is 29.2 Å². The summed E-state index contributed by atoms with van der Waals surface area (Å²) in [5, 5.41) is 0. The van der Waals surface area contributed by atoms with E-state index in [1.165, 1.54) is 37.1 Å². The van der Waals surface area contributed by atoms with Gasteiger partial charge in [-0.15, -0.1) is 0 Å². The maximum atomic E-state index is 11.8. The van der Waals surface area contributed by atoms with Crippen molar-refractivity contribution in [2.75, 3.05) is 13.1 Å². The Labute approximate surface area is 125 Å². The molecule has 3 nitrogen and oxygen atoms in total. The minimum absolute atomic E-state index is 0.0735. The Hall–Kier alpha value is -1.87. The fraction of sp³-hybridized carbons (Fsp3) is 0.389. The highest BCUT2D eigenvalue weighted by molar-refractivity contribution is 5.63. The van der Waals surface area contributed by atoms with Gasteiger partial charge in [-0.05, 0) is 55.6 Å². The maximum absolute atomic E-state index is 11.8. The van der Waals surface area contributed by atoms with E-state index in [1.54, 1.807) is 11.6 Å². The van der Waals surface area contributed by atoms with Gasteiger partial charge in [-0.1, -0.05) is 24.3 Å². The Morgan fingerprint density at radius 1 is 1.05 bits per heavy atom. The molecule has 0 amide bonds. The first-order valence-electron chi connectivity index (χ1n) is 7.62. The summed E-state index contributed by atoms with van der Waals surface area (Å²) in [5.41, 5.74) is 4.49. The van der Waals surface area contributed by atoms with Gasteiger partial charge in [0, 0.05) is 25.4 Å². The van der Waals surface area contributed by atoms with Crippen LogP contribution in [-0.4, -0.2) is 22.6 Å². The van der Waals surface area contributed by atoms with E-state index in [1.807, 2.05) is 19.2 Å². The lowest BCUT2D eigenvalue weighted by atomic mass is 10.0. The Morgan fingerprint density at radius 3 is 2.33 bits per heavy atom. The molecule has 1 saturated heterocycles. The lowest BCUT2D eigenvalue weighted by molar-refractivity contribution is 0.331. The molecular weight excluding hydrogens is 260 g/mol. The topological polar surface area (TPSA) is 25.2 Å². The minimum Gasteiger partial charge on any atom is -0.318 e. The summed E-state index contributed by atoms with van der Waals surface area (Å²) in [5.74, 6) is 0. The fourth-order valence-electron chi connectivity index (χ4n) is 3.04. The van der Waals surface area contributed by atoms with Crippen molar-refractivity contribution < 1.29 is 0 Å². The largest absolute Gasteiger partial charge is 0.318 e. The summed E-state index contributed by atoms with van der Waals surface area (Å²) in [6.07, 6.45) is 4.57. The normalized spacial score (nSPS) is 15.5. The number of hydrogen-bond acceptors (Lipinski definition) is 2. The molecule has 2 heterocycles. The molecule has 0 N–H and O–H groups in total. The Kier molecular flexibility index (Phi) is 3.93. The molecule has 0 atom stereocenters. The second-order valence-corrected chi connectivity index (χ2v) is 6.01. The van der Waals surface area contributed by atoms with E-state index in [0.717, 1.165) is 17.7 Å². The molecule has 3 heteroatoms. The molecule has 21 heavy (non-hydrogen) atoms. The van der Waals surface area contributed by atoms with Crippen molar-refractivity contribution in [2.45, 2.75) is 26.3 Å². The zero-order valence-corrected chi connectivity index (χ0v) is 12.8. The van der Waals surface area contributed by atoms with Gasteiger partial charge in [-0.25, -0.2) is 0 Å². The van der Waals surface area contributed by atoms with Crippen LogP contribution in [0.4, 0.5) is 0 Å². The van der Waals surface area contributed by atoms with Gasteiger partial charge >= 0.3 is 0 Å². The van der Waals surface area contributed by atoms with Gasteiger partial charge in [-0.3, -0.25) is 9.69 Å². The third kappa shape index (κ3) is 3.08. The van der Waals surface area contributed by atoms with Gasteiger partial charge in [0.25, 0.3) is 5.56 Å². The van der Waals surface area contributed by atoms with Gasteiger partial charge in [0.2, 0.25) is 0 Å². The number of nitrogens with zero attached hydrogens (tertiary/aromatic N) is 2. The van der Waals surface area contributed by atoms with Crippen LogP contribution in [0, 0.1) is 6.92 Å². The SMILES string of the molecule is Cc1cc(-c2ccc(CN3CCCC3)cc2)cn(C)c1=O. The average Bonchev–Trinajstić information content (AvgIpc) is 2.98. The summed E-state index contributed by atoms with van der Waals surface area (Å²) in [6, 6.07) is 10.7. The van der Waals surface area contributed by atoms with Crippen LogP contribution >= 0.6 is 0 Å². The first-order chi connectivity index (χ1) is 10.1. The molecule has 3 rings (SSSR count). The van der Waals surface area contributed by atoms with Gasteiger partial charge in [0.1, 0.15) is 0 Å². The second-order valence-electron chi connectivity index (χ2n) is 6.01. The van der Waals surface area contributed by atoms with E-state index < -0.39 is 0 Å².